The highest BCUT2D eigenvalue weighted by atomic mass is 35.5. The highest BCUT2D eigenvalue weighted by Gasteiger charge is 2.17. The van der Waals surface area contributed by atoms with E-state index in [-0.39, 0.29) is 36.7 Å². The fourth-order valence-corrected chi connectivity index (χ4v) is 2.43. The Morgan fingerprint density at radius 3 is 2.70 bits per heavy atom. The molecule has 0 spiro atoms. The summed E-state index contributed by atoms with van der Waals surface area (Å²) in [5, 5.41) is 4.98. The van der Waals surface area contributed by atoms with Crippen LogP contribution in [0.5, 0.6) is 0 Å². The monoisotopic (exact) mass is 406 g/mol. The van der Waals surface area contributed by atoms with Crippen LogP contribution in [-0.4, -0.2) is 44.1 Å². The molecule has 134 valence electrons. The van der Waals surface area contributed by atoms with Crippen LogP contribution in [0, 0.1) is 0 Å². The SMILES string of the molecule is CS(=O)(=O)NC(N)=[NH+]CCC[C@H]([NH3+])C(=O)Nc1nccs1.[Cl-].[Cl-]. The van der Waals surface area contributed by atoms with Crippen LogP contribution in [-0.2, 0) is 14.8 Å². The van der Waals surface area contributed by atoms with Crippen molar-refractivity contribution in [2.45, 2.75) is 18.9 Å². The first kappa shape index (κ1) is 24.1. The molecule has 23 heavy (non-hydrogen) atoms. The Balaban J connectivity index is 0. The van der Waals surface area contributed by atoms with Gasteiger partial charge in [0.15, 0.2) is 11.2 Å². The molecule has 0 aliphatic rings. The van der Waals surface area contributed by atoms with Gasteiger partial charge in [-0.05, 0) is 6.42 Å². The van der Waals surface area contributed by atoms with Crippen LogP contribution in [0.25, 0.3) is 0 Å². The zero-order valence-corrected chi connectivity index (χ0v) is 15.5. The maximum Gasteiger partial charge on any atom is 0.355 e. The molecular formula is C10H20Cl2N6O3S2. The molecule has 9 nitrogen and oxygen atoms in total. The van der Waals surface area contributed by atoms with E-state index in [1.54, 1.807) is 11.6 Å². The minimum Gasteiger partial charge on any atom is -1.00 e. The van der Waals surface area contributed by atoms with Crippen LogP contribution in [0.1, 0.15) is 12.8 Å². The number of nitrogens with zero attached hydrogens (tertiary/aromatic N) is 1. The predicted molar refractivity (Wildman–Crippen MR) is 79.7 cm³/mol. The average Bonchev–Trinajstić information content (AvgIpc) is 2.84. The Kier molecular flexibility index (Phi) is 12.0. The smallest absolute Gasteiger partial charge is 0.355 e. The van der Waals surface area contributed by atoms with Crippen molar-refractivity contribution in [1.82, 2.24) is 9.71 Å². The van der Waals surface area contributed by atoms with Crippen LogP contribution >= 0.6 is 11.3 Å². The quantitative estimate of drug-likeness (QED) is 0.172. The number of nitrogens with one attached hydrogen (secondary N) is 3. The van der Waals surface area contributed by atoms with Gasteiger partial charge in [0, 0.05) is 18.0 Å². The third kappa shape index (κ3) is 11.1. The van der Waals surface area contributed by atoms with Crippen molar-refractivity contribution in [1.29, 1.82) is 0 Å². The fourth-order valence-electron chi connectivity index (χ4n) is 1.43. The number of rotatable bonds is 7. The van der Waals surface area contributed by atoms with Gasteiger partial charge in [-0.1, -0.05) is 0 Å². The molecule has 0 fully saturated rings. The predicted octanol–water partition coefficient (Wildman–Crippen LogP) is -9.58. The molecule has 0 radical (unpaired) electrons. The van der Waals surface area contributed by atoms with E-state index in [1.807, 2.05) is 0 Å². The van der Waals surface area contributed by atoms with Gasteiger partial charge >= 0.3 is 5.96 Å². The van der Waals surface area contributed by atoms with E-state index in [2.05, 4.69) is 25.7 Å². The lowest BCUT2D eigenvalue weighted by Gasteiger charge is -2.06. The summed E-state index contributed by atoms with van der Waals surface area (Å²) in [4.78, 5) is 18.4. The van der Waals surface area contributed by atoms with Gasteiger partial charge in [0.25, 0.3) is 15.9 Å². The van der Waals surface area contributed by atoms with Crippen LogP contribution in [0.3, 0.4) is 0 Å². The Hall–Kier alpha value is -1.14. The van der Waals surface area contributed by atoms with Crippen molar-refractivity contribution < 1.29 is 48.8 Å². The van der Waals surface area contributed by atoms with E-state index >= 15 is 0 Å². The van der Waals surface area contributed by atoms with Crippen molar-refractivity contribution >= 4 is 38.4 Å². The van der Waals surface area contributed by atoms with E-state index in [9.17, 15) is 13.2 Å². The number of hydrogen-bond donors (Lipinski definition) is 5. The Morgan fingerprint density at radius 1 is 1.52 bits per heavy atom. The highest BCUT2D eigenvalue weighted by Crippen LogP contribution is 2.10. The number of quaternary nitrogens is 1. The zero-order valence-electron chi connectivity index (χ0n) is 12.4. The average molecular weight is 407 g/mol. The molecule has 8 N–H and O–H groups in total. The minimum absolute atomic E-state index is 0. The standard InChI is InChI=1S/C10H18N6O3S2.2ClH/c1-21(18,19)16-9(12)13-4-2-3-7(11)8(17)15-10-14-5-6-20-10;;/h5-7H,2-4,11H2,1H3,(H3,12,13,16)(H,14,15,17);2*1H/t7-;;/m0../s1. The molecule has 13 heteroatoms. The summed E-state index contributed by atoms with van der Waals surface area (Å²) in [6, 6.07) is -0.417. The summed E-state index contributed by atoms with van der Waals surface area (Å²) >= 11 is 1.34. The molecule has 0 saturated carbocycles. The highest BCUT2D eigenvalue weighted by molar-refractivity contribution is 7.89. The molecule has 1 atom stereocenters. The Bertz CT molecular complexity index is 594. The molecule has 0 aromatic carbocycles. The number of amides is 1. The van der Waals surface area contributed by atoms with Crippen LogP contribution in [0.15, 0.2) is 11.6 Å². The van der Waals surface area contributed by atoms with E-state index < -0.39 is 16.1 Å². The first-order valence-electron chi connectivity index (χ1n) is 6.15. The molecule has 1 heterocycles. The molecule has 1 aromatic rings. The zero-order chi connectivity index (χ0) is 15.9. The van der Waals surface area contributed by atoms with Gasteiger partial charge in [-0.3, -0.25) is 20.8 Å². The number of thiazole rings is 1. The summed E-state index contributed by atoms with van der Waals surface area (Å²) in [5.41, 5.74) is 9.22. The van der Waals surface area contributed by atoms with Crippen LogP contribution < -0.4 is 51.3 Å². The number of hydrogen-bond acceptors (Lipinski definition) is 5. The third-order valence-corrected chi connectivity index (χ3v) is 3.65. The number of halogens is 2. The van der Waals surface area contributed by atoms with Gasteiger partial charge in [-0.2, -0.15) is 13.1 Å². The molecule has 0 aliphatic heterocycles. The van der Waals surface area contributed by atoms with Crippen LogP contribution in [0.2, 0.25) is 0 Å². The second-order valence-corrected chi connectivity index (χ2v) is 7.02. The molecule has 1 rings (SSSR count). The van der Waals surface area contributed by atoms with Crippen molar-refractivity contribution in [2.24, 2.45) is 5.73 Å². The third-order valence-electron chi connectivity index (χ3n) is 2.37. The van der Waals surface area contributed by atoms with Crippen molar-refractivity contribution in [3.8, 4) is 0 Å². The number of aromatic nitrogens is 1. The summed E-state index contributed by atoms with van der Waals surface area (Å²) in [6.45, 7) is 0.435. The first-order valence-corrected chi connectivity index (χ1v) is 8.92. The summed E-state index contributed by atoms with van der Waals surface area (Å²) in [6.07, 6.45) is 3.77. The summed E-state index contributed by atoms with van der Waals surface area (Å²) in [5.74, 6) is -0.235. The van der Waals surface area contributed by atoms with Crippen molar-refractivity contribution in [3.05, 3.63) is 11.6 Å². The number of sulfonamides is 1. The molecule has 0 unspecified atom stereocenters. The largest absolute Gasteiger partial charge is 1.00 e. The van der Waals surface area contributed by atoms with Gasteiger partial charge in [0.1, 0.15) is 0 Å². The van der Waals surface area contributed by atoms with Crippen molar-refractivity contribution in [3.63, 3.8) is 0 Å². The normalized spacial score (nSPS) is 12.5. The number of anilines is 1. The topological polar surface area (TPSA) is 156 Å². The molecule has 0 aliphatic carbocycles. The lowest BCUT2D eigenvalue weighted by molar-refractivity contribution is -0.464. The molecule has 0 saturated heterocycles. The second-order valence-electron chi connectivity index (χ2n) is 4.38. The maximum absolute atomic E-state index is 11.8. The van der Waals surface area contributed by atoms with E-state index in [1.165, 1.54) is 11.3 Å². The van der Waals surface area contributed by atoms with Crippen LogP contribution in [0.4, 0.5) is 5.13 Å². The minimum atomic E-state index is -3.38. The van der Waals surface area contributed by atoms with Gasteiger partial charge < -0.3 is 30.5 Å². The molecule has 1 aromatic heterocycles. The molecule has 0 bridgehead atoms. The fraction of sp³-hybridized carbons (Fsp3) is 0.500. The number of carbonyl (C=O) groups excluding carboxylic acids is 1. The van der Waals surface area contributed by atoms with E-state index in [4.69, 9.17) is 5.73 Å². The second kappa shape index (κ2) is 11.4. The summed E-state index contributed by atoms with van der Waals surface area (Å²) < 4.78 is 23.9. The lowest BCUT2D eigenvalue weighted by atomic mass is 10.1. The van der Waals surface area contributed by atoms with Gasteiger partial charge in [0.2, 0.25) is 0 Å². The number of nitrogens with two attached hydrogens (primary N) is 1. The Labute approximate surface area is 151 Å². The Morgan fingerprint density at radius 2 is 2.17 bits per heavy atom. The summed E-state index contributed by atoms with van der Waals surface area (Å²) in [7, 11) is -3.38. The maximum atomic E-state index is 11.8. The van der Waals surface area contributed by atoms with E-state index in [0.717, 1.165) is 6.26 Å². The van der Waals surface area contributed by atoms with Crippen molar-refractivity contribution in [2.75, 3.05) is 18.1 Å². The van der Waals surface area contributed by atoms with Gasteiger partial charge in [0.05, 0.1) is 12.8 Å². The number of carbonyl (C=O) groups is 1. The van der Waals surface area contributed by atoms with Gasteiger partial charge in [-0.25, -0.2) is 4.98 Å². The number of guanidine groups is 1. The van der Waals surface area contributed by atoms with Gasteiger partial charge in [-0.15, -0.1) is 11.3 Å². The lowest BCUT2D eigenvalue weighted by Crippen LogP contribution is -3.00. The molecular weight excluding hydrogens is 387 g/mol. The van der Waals surface area contributed by atoms with E-state index in [0.29, 0.717) is 24.5 Å². The first-order chi connectivity index (χ1) is 9.78. The molecule has 1 amide bonds.